The lowest BCUT2D eigenvalue weighted by molar-refractivity contribution is -0.137. The number of carbonyl (C=O) groups excluding carboxylic acids is 1. The molecule has 1 aliphatic heterocycles. The van der Waals surface area contributed by atoms with Gasteiger partial charge < -0.3 is 9.80 Å². The number of benzene rings is 1. The summed E-state index contributed by atoms with van der Waals surface area (Å²) in [5.74, 6) is -0.203. The van der Waals surface area contributed by atoms with Crippen molar-refractivity contribution in [3.63, 3.8) is 0 Å². The Balaban J connectivity index is 1.62. The van der Waals surface area contributed by atoms with E-state index >= 15 is 0 Å². The van der Waals surface area contributed by atoms with E-state index in [1.54, 1.807) is 11.9 Å². The summed E-state index contributed by atoms with van der Waals surface area (Å²) < 4.78 is 55.2. The molecule has 0 N–H and O–H groups in total. The third-order valence-electron chi connectivity index (χ3n) is 6.49. The number of carbonyl (C=O) groups is 1. The van der Waals surface area contributed by atoms with Crippen molar-refractivity contribution in [2.24, 2.45) is 0 Å². The molecule has 1 aromatic carbocycles. The predicted octanol–water partition coefficient (Wildman–Crippen LogP) is 4.60. The normalized spacial score (nSPS) is 18.8. The third kappa shape index (κ3) is 3.59. The molecule has 0 bridgehead atoms. The van der Waals surface area contributed by atoms with Crippen LogP contribution in [0.2, 0.25) is 0 Å². The molecule has 1 aliphatic carbocycles. The van der Waals surface area contributed by atoms with Gasteiger partial charge >= 0.3 is 6.18 Å². The van der Waals surface area contributed by atoms with E-state index < -0.39 is 17.6 Å². The Morgan fingerprint density at radius 2 is 1.91 bits per heavy atom. The molecule has 0 spiro atoms. The highest BCUT2D eigenvalue weighted by molar-refractivity contribution is 6.04. The van der Waals surface area contributed by atoms with Crippen LogP contribution in [0.25, 0.3) is 17.3 Å². The first-order valence-corrected chi connectivity index (χ1v) is 11.0. The highest BCUT2D eigenvalue weighted by atomic mass is 19.4. The number of hydrogen-bond acceptors (Lipinski definition) is 5. The third-order valence-corrected chi connectivity index (χ3v) is 6.49. The van der Waals surface area contributed by atoms with Crippen LogP contribution in [0.5, 0.6) is 0 Å². The second-order valence-electron chi connectivity index (χ2n) is 8.54. The lowest BCUT2D eigenvalue weighted by Gasteiger charge is -2.47. The van der Waals surface area contributed by atoms with E-state index in [4.69, 9.17) is 4.98 Å². The SMILES string of the molecule is CCC1C(=O)N(C)c2cnc(-n3ccnc3-c3cc(F)cc(C(F)(F)F)c3)nc2N1C1CCC1. The second kappa shape index (κ2) is 8.07. The molecule has 2 aliphatic rings. The van der Waals surface area contributed by atoms with Crippen LogP contribution >= 0.6 is 0 Å². The summed E-state index contributed by atoms with van der Waals surface area (Å²) in [6.07, 6.45) is 3.32. The lowest BCUT2D eigenvalue weighted by Crippen LogP contribution is -2.57. The minimum absolute atomic E-state index is 0.0268. The van der Waals surface area contributed by atoms with E-state index in [-0.39, 0.29) is 35.3 Å². The molecule has 0 saturated heterocycles. The molecule has 1 unspecified atom stereocenters. The first-order valence-electron chi connectivity index (χ1n) is 11.0. The van der Waals surface area contributed by atoms with Crippen LogP contribution in [0, 0.1) is 5.82 Å². The Labute approximate surface area is 193 Å². The molecule has 1 saturated carbocycles. The van der Waals surface area contributed by atoms with E-state index in [9.17, 15) is 22.4 Å². The van der Waals surface area contributed by atoms with Gasteiger partial charge in [-0.15, -0.1) is 0 Å². The zero-order chi connectivity index (χ0) is 24.2. The molecule has 2 aromatic heterocycles. The molecule has 1 amide bonds. The lowest BCUT2D eigenvalue weighted by atomic mass is 9.88. The fourth-order valence-corrected chi connectivity index (χ4v) is 4.53. The number of nitrogens with zero attached hydrogens (tertiary/aromatic N) is 6. The summed E-state index contributed by atoms with van der Waals surface area (Å²) in [5.41, 5.74) is -0.587. The number of fused-ring (bicyclic) bond motifs is 1. The van der Waals surface area contributed by atoms with E-state index in [1.165, 1.54) is 23.2 Å². The van der Waals surface area contributed by atoms with Crippen molar-refractivity contribution in [3.8, 4) is 17.3 Å². The van der Waals surface area contributed by atoms with Crippen molar-refractivity contribution in [3.05, 3.63) is 48.2 Å². The number of halogens is 4. The van der Waals surface area contributed by atoms with Crippen LogP contribution in [0.1, 0.15) is 38.2 Å². The van der Waals surface area contributed by atoms with Gasteiger partial charge in [-0.25, -0.2) is 14.4 Å². The number of anilines is 2. The van der Waals surface area contributed by atoms with Gasteiger partial charge in [-0.3, -0.25) is 9.36 Å². The van der Waals surface area contributed by atoms with Gasteiger partial charge in [0, 0.05) is 31.0 Å². The second-order valence-corrected chi connectivity index (χ2v) is 8.54. The quantitative estimate of drug-likeness (QED) is 0.517. The van der Waals surface area contributed by atoms with E-state index in [2.05, 4.69) is 9.97 Å². The van der Waals surface area contributed by atoms with Crippen molar-refractivity contribution in [2.45, 2.75) is 50.9 Å². The summed E-state index contributed by atoms with van der Waals surface area (Å²) in [6, 6.07) is 2.11. The van der Waals surface area contributed by atoms with Gasteiger partial charge in [0.25, 0.3) is 0 Å². The molecule has 178 valence electrons. The highest BCUT2D eigenvalue weighted by Crippen LogP contribution is 2.41. The molecule has 3 heterocycles. The van der Waals surface area contributed by atoms with Gasteiger partial charge in [0.05, 0.1) is 11.8 Å². The van der Waals surface area contributed by atoms with Crippen molar-refractivity contribution < 1.29 is 22.4 Å². The highest BCUT2D eigenvalue weighted by Gasteiger charge is 2.42. The van der Waals surface area contributed by atoms with Crippen LogP contribution in [-0.4, -0.2) is 44.6 Å². The largest absolute Gasteiger partial charge is 0.416 e. The van der Waals surface area contributed by atoms with E-state index in [0.717, 1.165) is 31.4 Å². The van der Waals surface area contributed by atoms with E-state index in [0.29, 0.717) is 24.0 Å². The average molecular weight is 474 g/mol. The van der Waals surface area contributed by atoms with Crippen molar-refractivity contribution in [2.75, 3.05) is 16.8 Å². The van der Waals surface area contributed by atoms with Crippen LogP contribution in [-0.2, 0) is 11.0 Å². The van der Waals surface area contributed by atoms with Gasteiger partial charge in [0.2, 0.25) is 11.9 Å². The van der Waals surface area contributed by atoms with E-state index in [1.807, 2.05) is 11.8 Å². The minimum atomic E-state index is -4.70. The van der Waals surface area contributed by atoms with Crippen molar-refractivity contribution in [1.82, 2.24) is 19.5 Å². The number of hydrogen-bond donors (Lipinski definition) is 0. The predicted molar refractivity (Wildman–Crippen MR) is 117 cm³/mol. The summed E-state index contributed by atoms with van der Waals surface area (Å²) in [5, 5.41) is 0. The van der Waals surface area contributed by atoms with Crippen LogP contribution in [0.15, 0.2) is 36.8 Å². The standard InChI is InChI=1S/C23H22F4N6O/c1-3-17-21(34)31(2)18-12-29-22(30-20(18)33(17)16-5-4-6-16)32-8-7-28-19(32)13-9-14(23(25,26)27)11-15(24)10-13/h7-12,16-17H,3-6H2,1-2H3. The molecular weight excluding hydrogens is 452 g/mol. The number of amides is 1. The van der Waals surface area contributed by atoms with Gasteiger partial charge in [0.1, 0.15) is 23.4 Å². The van der Waals surface area contributed by atoms with Crippen LogP contribution in [0.3, 0.4) is 0 Å². The molecule has 0 radical (unpaired) electrons. The summed E-state index contributed by atoms with van der Waals surface area (Å²) in [7, 11) is 1.68. The Morgan fingerprint density at radius 1 is 1.15 bits per heavy atom. The average Bonchev–Trinajstić information content (AvgIpc) is 3.25. The Morgan fingerprint density at radius 3 is 2.56 bits per heavy atom. The molecule has 1 atom stereocenters. The Kier molecular flexibility index (Phi) is 5.29. The van der Waals surface area contributed by atoms with Crippen LogP contribution in [0.4, 0.5) is 29.1 Å². The molecule has 34 heavy (non-hydrogen) atoms. The van der Waals surface area contributed by atoms with Gasteiger partial charge in [-0.05, 0) is 43.9 Å². The van der Waals surface area contributed by atoms with Crippen LogP contribution < -0.4 is 9.80 Å². The number of aromatic nitrogens is 4. The van der Waals surface area contributed by atoms with Gasteiger partial charge in [-0.2, -0.15) is 18.2 Å². The maximum atomic E-state index is 14.0. The monoisotopic (exact) mass is 474 g/mol. The fraction of sp³-hybridized carbons (Fsp3) is 0.391. The zero-order valence-corrected chi connectivity index (χ0v) is 18.6. The first-order chi connectivity index (χ1) is 16.2. The number of imidazole rings is 1. The summed E-state index contributed by atoms with van der Waals surface area (Å²) in [6.45, 7) is 1.95. The molecule has 11 heteroatoms. The molecular formula is C23H22F4N6O. The fourth-order valence-electron chi connectivity index (χ4n) is 4.53. The van der Waals surface area contributed by atoms with Gasteiger partial charge in [0.15, 0.2) is 5.82 Å². The number of likely N-dealkylation sites (N-methyl/N-ethyl adjacent to an activating group) is 1. The van der Waals surface area contributed by atoms with Gasteiger partial charge in [-0.1, -0.05) is 6.92 Å². The smallest absolute Gasteiger partial charge is 0.340 e. The summed E-state index contributed by atoms with van der Waals surface area (Å²) >= 11 is 0. The Hall–Kier alpha value is -3.50. The number of alkyl halides is 3. The zero-order valence-electron chi connectivity index (χ0n) is 18.6. The Bertz CT molecular complexity index is 1250. The maximum Gasteiger partial charge on any atom is 0.416 e. The molecule has 1 fully saturated rings. The maximum absolute atomic E-state index is 14.0. The topological polar surface area (TPSA) is 67.2 Å². The number of rotatable bonds is 4. The van der Waals surface area contributed by atoms with Crippen molar-refractivity contribution in [1.29, 1.82) is 0 Å². The minimum Gasteiger partial charge on any atom is -0.340 e. The van der Waals surface area contributed by atoms with Crippen molar-refractivity contribution >= 4 is 17.4 Å². The first kappa shape index (κ1) is 22.3. The molecule has 7 nitrogen and oxygen atoms in total. The molecule has 5 rings (SSSR count). The molecule has 3 aromatic rings. The summed E-state index contributed by atoms with van der Waals surface area (Å²) in [4.78, 5) is 29.8.